The molecule has 2 unspecified atom stereocenters. The first kappa shape index (κ1) is 19.7. The van der Waals surface area contributed by atoms with Gasteiger partial charge in [-0.25, -0.2) is 4.99 Å². The third-order valence-electron chi connectivity index (χ3n) is 3.55. The van der Waals surface area contributed by atoms with Crippen molar-refractivity contribution in [1.29, 1.82) is 0 Å². The highest BCUT2D eigenvalue weighted by molar-refractivity contribution is 5.84. The lowest BCUT2D eigenvalue weighted by molar-refractivity contribution is -0.127. The summed E-state index contributed by atoms with van der Waals surface area (Å²) in [5, 5.41) is 6.56. The summed E-state index contributed by atoms with van der Waals surface area (Å²) in [7, 11) is 3.46. The van der Waals surface area contributed by atoms with Crippen LogP contribution in [-0.2, 0) is 14.3 Å². The van der Waals surface area contributed by atoms with Crippen molar-refractivity contribution in [3.8, 4) is 0 Å². The van der Waals surface area contributed by atoms with Gasteiger partial charge in [0.2, 0.25) is 5.91 Å². The minimum atomic E-state index is -0.0198. The minimum Gasteiger partial charge on any atom is -0.379 e. The molecule has 1 amide bonds. The van der Waals surface area contributed by atoms with Crippen molar-refractivity contribution in [3.63, 3.8) is 0 Å². The predicted molar refractivity (Wildman–Crippen MR) is 91.7 cm³/mol. The van der Waals surface area contributed by atoms with Crippen LogP contribution >= 0.6 is 0 Å². The summed E-state index contributed by atoms with van der Waals surface area (Å²) in [6.07, 6.45) is 3.33. The van der Waals surface area contributed by atoms with E-state index in [1.807, 2.05) is 6.92 Å². The molecule has 7 nitrogen and oxygen atoms in total. The molecule has 0 bridgehead atoms. The number of ether oxygens (including phenoxy) is 2. The Hall–Kier alpha value is -1.34. The number of carbonyl (C=O) groups is 1. The van der Waals surface area contributed by atoms with Crippen LogP contribution in [0.4, 0.5) is 0 Å². The topological polar surface area (TPSA) is 75.2 Å². The fourth-order valence-electron chi connectivity index (χ4n) is 2.02. The standard InChI is InChI=1S/C16H32N4O3/c1-5-6-8-17-16(18-10-15(21)20(3)4)19-13(2)11-23-14-7-9-22-12-14/h13-14H,5-12H2,1-4H3,(H2,17,18,19). The normalized spacial score (nSPS) is 19.5. The van der Waals surface area contributed by atoms with Gasteiger partial charge in [0.1, 0.15) is 6.54 Å². The molecular weight excluding hydrogens is 296 g/mol. The summed E-state index contributed by atoms with van der Waals surface area (Å²) in [6.45, 7) is 7.21. The smallest absolute Gasteiger partial charge is 0.243 e. The molecule has 1 fully saturated rings. The SMILES string of the molecule is CCCCNC(=NCC(=O)N(C)C)NC(C)COC1CCOC1. The van der Waals surface area contributed by atoms with Crippen molar-refractivity contribution < 1.29 is 14.3 Å². The molecule has 0 radical (unpaired) electrons. The van der Waals surface area contributed by atoms with Gasteiger partial charge >= 0.3 is 0 Å². The average Bonchev–Trinajstić information content (AvgIpc) is 3.03. The number of guanidine groups is 1. The number of aliphatic imine (C=N–C) groups is 1. The molecule has 23 heavy (non-hydrogen) atoms. The molecule has 0 aromatic carbocycles. The molecule has 1 heterocycles. The van der Waals surface area contributed by atoms with Crippen LogP contribution in [0.3, 0.4) is 0 Å². The van der Waals surface area contributed by atoms with Gasteiger partial charge in [0.25, 0.3) is 0 Å². The Balaban J connectivity index is 2.42. The maximum atomic E-state index is 11.7. The van der Waals surface area contributed by atoms with Crippen LogP contribution in [0.25, 0.3) is 0 Å². The maximum Gasteiger partial charge on any atom is 0.243 e. The second-order valence-corrected chi connectivity index (χ2v) is 6.10. The number of nitrogens with one attached hydrogen (secondary N) is 2. The molecular formula is C16H32N4O3. The lowest BCUT2D eigenvalue weighted by Crippen LogP contribution is -2.45. The maximum absolute atomic E-state index is 11.7. The van der Waals surface area contributed by atoms with Crippen molar-refractivity contribution in [2.45, 2.75) is 45.3 Å². The fourth-order valence-corrected chi connectivity index (χ4v) is 2.02. The highest BCUT2D eigenvalue weighted by Gasteiger charge is 2.17. The molecule has 1 saturated heterocycles. The number of hydrogen-bond donors (Lipinski definition) is 2. The minimum absolute atomic E-state index is 0.0198. The van der Waals surface area contributed by atoms with E-state index in [4.69, 9.17) is 9.47 Å². The Bertz CT molecular complexity index is 368. The largest absolute Gasteiger partial charge is 0.379 e. The zero-order valence-corrected chi connectivity index (χ0v) is 14.9. The van der Waals surface area contributed by atoms with Gasteiger partial charge in [0.15, 0.2) is 5.96 Å². The van der Waals surface area contributed by atoms with E-state index >= 15 is 0 Å². The van der Waals surface area contributed by atoms with E-state index in [2.05, 4.69) is 22.5 Å². The molecule has 1 aliphatic heterocycles. The van der Waals surface area contributed by atoms with Crippen LogP contribution < -0.4 is 10.6 Å². The van der Waals surface area contributed by atoms with E-state index in [0.717, 1.165) is 32.4 Å². The van der Waals surface area contributed by atoms with Crippen LogP contribution in [-0.4, -0.2) is 75.9 Å². The zero-order valence-electron chi connectivity index (χ0n) is 14.9. The molecule has 134 valence electrons. The molecule has 7 heteroatoms. The number of nitrogens with zero attached hydrogens (tertiary/aromatic N) is 2. The highest BCUT2D eigenvalue weighted by atomic mass is 16.5. The Morgan fingerprint density at radius 2 is 2.26 bits per heavy atom. The quantitative estimate of drug-likeness (QED) is 0.368. The Kier molecular flexibility index (Phi) is 9.63. The molecule has 2 N–H and O–H groups in total. The van der Waals surface area contributed by atoms with Gasteiger partial charge in [-0.05, 0) is 19.8 Å². The lowest BCUT2D eigenvalue weighted by atomic mass is 10.3. The van der Waals surface area contributed by atoms with Crippen molar-refractivity contribution in [3.05, 3.63) is 0 Å². The summed E-state index contributed by atoms with van der Waals surface area (Å²) in [6, 6.07) is 0.109. The molecule has 0 aliphatic carbocycles. The van der Waals surface area contributed by atoms with E-state index in [1.54, 1.807) is 19.0 Å². The second kappa shape index (κ2) is 11.2. The van der Waals surface area contributed by atoms with E-state index in [-0.39, 0.29) is 24.6 Å². The Morgan fingerprint density at radius 3 is 2.87 bits per heavy atom. The number of likely N-dealkylation sites (N-methyl/N-ethyl adjacent to an activating group) is 1. The number of rotatable bonds is 9. The molecule has 0 spiro atoms. The van der Waals surface area contributed by atoms with Gasteiger partial charge in [-0.1, -0.05) is 13.3 Å². The number of carbonyl (C=O) groups excluding carboxylic acids is 1. The van der Waals surface area contributed by atoms with Crippen molar-refractivity contribution >= 4 is 11.9 Å². The van der Waals surface area contributed by atoms with Gasteiger partial charge < -0.3 is 25.0 Å². The zero-order chi connectivity index (χ0) is 17.1. The van der Waals surface area contributed by atoms with Crippen molar-refractivity contribution in [2.75, 3.05) is 47.0 Å². The molecule has 1 rings (SSSR count). The number of amides is 1. The van der Waals surface area contributed by atoms with Gasteiger partial charge in [0.05, 0.1) is 19.3 Å². The van der Waals surface area contributed by atoms with E-state index in [0.29, 0.717) is 19.2 Å². The lowest BCUT2D eigenvalue weighted by Gasteiger charge is -2.20. The fraction of sp³-hybridized carbons (Fsp3) is 0.875. The average molecular weight is 328 g/mol. The van der Waals surface area contributed by atoms with Crippen LogP contribution in [0.1, 0.15) is 33.1 Å². The highest BCUT2D eigenvalue weighted by Crippen LogP contribution is 2.08. The second-order valence-electron chi connectivity index (χ2n) is 6.10. The molecule has 1 aliphatic rings. The van der Waals surface area contributed by atoms with Crippen LogP contribution in [0, 0.1) is 0 Å². The van der Waals surface area contributed by atoms with Gasteiger partial charge in [-0.3, -0.25) is 4.79 Å². The van der Waals surface area contributed by atoms with E-state index in [1.165, 1.54) is 0 Å². The third kappa shape index (κ3) is 8.76. The number of unbranched alkanes of at least 4 members (excludes halogenated alkanes) is 1. The first-order chi connectivity index (χ1) is 11.0. The Morgan fingerprint density at radius 1 is 1.48 bits per heavy atom. The van der Waals surface area contributed by atoms with E-state index in [9.17, 15) is 4.79 Å². The van der Waals surface area contributed by atoms with Gasteiger partial charge in [0, 0.05) is 33.3 Å². The van der Waals surface area contributed by atoms with Crippen LogP contribution in [0.5, 0.6) is 0 Å². The third-order valence-corrected chi connectivity index (χ3v) is 3.55. The summed E-state index contributed by atoms with van der Waals surface area (Å²) < 4.78 is 11.1. The summed E-state index contributed by atoms with van der Waals surface area (Å²) >= 11 is 0. The summed E-state index contributed by atoms with van der Waals surface area (Å²) in [4.78, 5) is 17.6. The number of hydrogen-bond acceptors (Lipinski definition) is 4. The molecule has 0 saturated carbocycles. The van der Waals surface area contributed by atoms with E-state index < -0.39 is 0 Å². The first-order valence-electron chi connectivity index (χ1n) is 8.47. The first-order valence-corrected chi connectivity index (χ1v) is 8.47. The summed E-state index contributed by atoms with van der Waals surface area (Å²) in [5.74, 6) is 0.640. The molecule has 0 aromatic heterocycles. The van der Waals surface area contributed by atoms with Crippen molar-refractivity contribution in [2.24, 2.45) is 4.99 Å². The van der Waals surface area contributed by atoms with Crippen LogP contribution in [0.15, 0.2) is 4.99 Å². The van der Waals surface area contributed by atoms with Crippen molar-refractivity contribution in [1.82, 2.24) is 15.5 Å². The molecule has 0 aromatic rings. The predicted octanol–water partition coefficient (Wildman–Crippen LogP) is 0.604. The van der Waals surface area contributed by atoms with Gasteiger partial charge in [-0.2, -0.15) is 0 Å². The van der Waals surface area contributed by atoms with Gasteiger partial charge in [-0.15, -0.1) is 0 Å². The van der Waals surface area contributed by atoms with Crippen LogP contribution in [0.2, 0.25) is 0 Å². The Labute approximate surface area is 139 Å². The monoisotopic (exact) mass is 328 g/mol. The summed E-state index contributed by atoms with van der Waals surface area (Å²) in [5.41, 5.74) is 0. The molecule has 2 atom stereocenters.